The van der Waals surface area contributed by atoms with Crippen LogP contribution >= 0.6 is 0 Å². The van der Waals surface area contributed by atoms with Crippen LogP contribution in [-0.4, -0.2) is 17.6 Å². The molecule has 3 nitrogen and oxygen atoms in total. The highest BCUT2D eigenvalue weighted by Crippen LogP contribution is 2.33. The number of carbonyl (C=O) groups is 1. The van der Waals surface area contributed by atoms with E-state index in [1.165, 1.54) is 6.08 Å². The van der Waals surface area contributed by atoms with Crippen molar-refractivity contribution in [3.05, 3.63) is 23.9 Å². The van der Waals surface area contributed by atoms with Crippen LogP contribution < -0.4 is 11.1 Å². The summed E-state index contributed by atoms with van der Waals surface area (Å²) < 4.78 is 37.4. The molecule has 0 aromatic rings. The summed E-state index contributed by atoms with van der Waals surface area (Å²) in [5.74, 6) is -0.877. The van der Waals surface area contributed by atoms with E-state index in [2.05, 4.69) is 5.32 Å². The normalized spacial score (nSPS) is 26.7. The third-order valence-electron chi connectivity index (χ3n) is 1.96. The Bertz CT molecular complexity index is 319. The van der Waals surface area contributed by atoms with Crippen molar-refractivity contribution in [1.29, 1.82) is 0 Å². The van der Waals surface area contributed by atoms with Gasteiger partial charge in [-0.3, -0.25) is 4.79 Å². The minimum atomic E-state index is -4.47. The Labute approximate surface area is 78.5 Å². The van der Waals surface area contributed by atoms with E-state index in [1.54, 1.807) is 0 Å². The molecule has 0 saturated heterocycles. The number of carbonyl (C=O) groups excluding carboxylic acids is 1. The third kappa shape index (κ3) is 1.73. The van der Waals surface area contributed by atoms with Crippen molar-refractivity contribution < 1.29 is 18.0 Å². The molecule has 0 aromatic heterocycles. The minimum absolute atomic E-state index is 0.149. The molecule has 1 unspecified atom stereocenters. The van der Waals surface area contributed by atoms with Crippen LogP contribution in [0, 0.1) is 0 Å². The summed E-state index contributed by atoms with van der Waals surface area (Å²) >= 11 is 0. The lowest BCUT2D eigenvalue weighted by Gasteiger charge is -2.31. The van der Waals surface area contributed by atoms with Gasteiger partial charge in [-0.05, 0) is 25.3 Å². The van der Waals surface area contributed by atoms with Crippen LogP contribution in [0.25, 0.3) is 0 Å². The van der Waals surface area contributed by atoms with Crippen LogP contribution in [-0.2, 0) is 4.79 Å². The molecule has 1 rings (SSSR count). The molecule has 6 heteroatoms. The standard InChI is InChI=1S/C8H9F3N2O/c1-7(8(9,10)11)4-5(6(12)14)2-3-13-7/h2-4,13H,1H3,(H2,12,14). The van der Waals surface area contributed by atoms with E-state index in [9.17, 15) is 18.0 Å². The molecule has 1 aliphatic heterocycles. The van der Waals surface area contributed by atoms with Gasteiger partial charge in [0.25, 0.3) is 0 Å². The smallest absolute Gasteiger partial charge is 0.375 e. The zero-order chi connectivity index (χ0) is 11.0. The van der Waals surface area contributed by atoms with E-state index in [4.69, 9.17) is 5.73 Å². The molecular weight excluding hydrogens is 197 g/mol. The van der Waals surface area contributed by atoms with E-state index in [1.807, 2.05) is 0 Å². The van der Waals surface area contributed by atoms with Gasteiger partial charge >= 0.3 is 6.18 Å². The molecule has 1 atom stereocenters. The molecule has 14 heavy (non-hydrogen) atoms. The number of primary amides is 1. The first-order chi connectivity index (χ1) is 6.26. The van der Waals surface area contributed by atoms with Crippen LogP contribution in [0.15, 0.2) is 23.9 Å². The van der Waals surface area contributed by atoms with Gasteiger partial charge in [0.1, 0.15) is 0 Å². The Morgan fingerprint density at radius 3 is 2.57 bits per heavy atom. The Morgan fingerprint density at radius 2 is 2.14 bits per heavy atom. The highest BCUT2D eigenvalue weighted by Gasteiger charge is 2.50. The zero-order valence-electron chi connectivity index (χ0n) is 7.35. The van der Waals surface area contributed by atoms with Crippen molar-refractivity contribution in [3.8, 4) is 0 Å². The van der Waals surface area contributed by atoms with Gasteiger partial charge in [0.15, 0.2) is 5.54 Å². The Hall–Kier alpha value is -1.46. The van der Waals surface area contributed by atoms with E-state index >= 15 is 0 Å². The molecule has 78 valence electrons. The van der Waals surface area contributed by atoms with Crippen molar-refractivity contribution in [1.82, 2.24) is 5.32 Å². The first-order valence-electron chi connectivity index (χ1n) is 3.80. The van der Waals surface area contributed by atoms with Gasteiger partial charge in [-0.1, -0.05) is 0 Å². The summed E-state index contributed by atoms with van der Waals surface area (Å²) in [4.78, 5) is 10.7. The number of hydrogen-bond acceptors (Lipinski definition) is 2. The summed E-state index contributed by atoms with van der Waals surface area (Å²) in [6.45, 7) is 0.930. The summed E-state index contributed by atoms with van der Waals surface area (Å²) in [6.07, 6.45) is -1.43. The largest absolute Gasteiger partial charge is 0.414 e. The second-order valence-electron chi connectivity index (χ2n) is 3.14. The number of halogens is 3. The summed E-state index contributed by atoms with van der Waals surface area (Å²) in [7, 11) is 0. The molecule has 0 fully saturated rings. The van der Waals surface area contributed by atoms with E-state index in [-0.39, 0.29) is 5.57 Å². The van der Waals surface area contributed by atoms with Crippen molar-refractivity contribution in [2.45, 2.75) is 18.6 Å². The summed E-state index contributed by atoms with van der Waals surface area (Å²) in [5, 5.41) is 2.13. The molecule has 1 amide bonds. The van der Waals surface area contributed by atoms with Crippen LogP contribution in [0.2, 0.25) is 0 Å². The number of nitrogens with one attached hydrogen (secondary N) is 1. The maximum atomic E-state index is 12.5. The fourth-order valence-electron chi connectivity index (χ4n) is 1.02. The van der Waals surface area contributed by atoms with Crippen molar-refractivity contribution in [2.24, 2.45) is 5.73 Å². The molecule has 1 aliphatic rings. The first-order valence-corrected chi connectivity index (χ1v) is 3.80. The lowest BCUT2D eigenvalue weighted by atomic mass is 9.95. The predicted molar refractivity (Wildman–Crippen MR) is 44.0 cm³/mol. The number of dihydropyridines is 1. The van der Waals surface area contributed by atoms with Gasteiger partial charge in [0, 0.05) is 5.57 Å². The van der Waals surface area contributed by atoms with E-state index < -0.39 is 17.6 Å². The van der Waals surface area contributed by atoms with E-state index in [0.717, 1.165) is 19.2 Å². The maximum absolute atomic E-state index is 12.5. The van der Waals surface area contributed by atoms with Crippen molar-refractivity contribution in [2.75, 3.05) is 0 Å². The SMILES string of the molecule is CC1(C(F)(F)F)C=C(C(N)=O)C=CN1. The van der Waals surface area contributed by atoms with Crippen LogP contribution in [0.3, 0.4) is 0 Å². The van der Waals surface area contributed by atoms with E-state index in [0.29, 0.717) is 0 Å². The molecule has 0 spiro atoms. The highest BCUT2D eigenvalue weighted by atomic mass is 19.4. The minimum Gasteiger partial charge on any atom is -0.375 e. The lowest BCUT2D eigenvalue weighted by molar-refractivity contribution is -0.173. The number of amides is 1. The fourth-order valence-corrected chi connectivity index (χ4v) is 1.02. The molecule has 0 radical (unpaired) electrons. The number of rotatable bonds is 1. The van der Waals surface area contributed by atoms with Gasteiger partial charge in [0.2, 0.25) is 5.91 Å². The van der Waals surface area contributed by atoms with Crippen molar-refractivity contribution in [3.63, 3.8) is 0 Å². The fraction of sp³-hybridized carbons (Fsp3) is 0.375. The van der Waals surface area contributed by atoms with Gasteiger partial charge in [-0.15, -0.1) is 0 Å². The number of hydrogen-bond donors (Lipinski definition) is 2. The monoisotopic (exact) mass is 206 g/mol. The Balaban J connectivity index is 3.06. The summed E-state index contributed by atoms with van der Waals surface area (Å²) in [5.41, 5.74) is 2.50. The van der Waals surface area contributed by atoms with Crippen LogP contribution in [0.4, 0.5) is 13.2 Å². The van der Waals surface area contributed by atoms with Gasteiger partial charge < -0.3 is 11.1 Å². The average molecular weight is 206 g/mol. The molecule has 0 saturated carbocycles. The molecule has 3 N–H and O–H groups in total. The quantitative estimate of drug-likeness (QED) is 0.667. The summed E-state index contributed by atoms with van der Waals surface area (Å²) in [6, 6.07) is 0. The zero-order valence-corrected chi connectivity index (χ0v) is 7.35. The average Bonchev–Trinajstić information content (AvgIpc) is 2.02. The van der Waals surface area contributed by atoms with Crippen LogP contribution in [0.1, 0.15) is 6.92 Å². The third-order valence-corrected chi connectivity index (χ3v) is 1.96. The molecule has 1 heterocycles. The topological polar surface area (TPSA) is 55.1 Å². The van der Waals surface area contributed by atoms with Gasteiger partial charge in [0.05, 0.1) is 0 Å². The number of alkyl halides is 3. The predicted octanol–water partition coefficient (Wildman–Crippen LogP) is 0.836. The molecule has 0 aliphatic carbocycles. The molecule has 0 aromatic carbocycles. The van der Waals surface area contributed by atoms with Gasteiger partial charge in [-0.25, -0.2) is 0 Å². The Kier molecular flexibility index (Phi) is 2.31. The second-order valence-corrected chi connectivity index (χ2v) is 3.14. The molecule has 0 bridgehead atoms. The Morgan fingerprint density at radius 1 is 1.57 bits per heavy atom. The first kappa shape index (κ1) is 10.6. The van der Waals surface area contributed by atoms with Crippen LogP contribution in [0.5, 0.6) is 0 Å². The van der Waals surface area contributed by atoms with Crippen molar-refractivity contribution >= 4 is 5.91 Å². The second kappa shape index (κ2) is 3.04. The molecular formula is C8H9F3N2O. The lowest BCUT2D eigenvalue weighted by Crippen LogP contribution is -2.52. The number of nitrogens with two attached hydrogens (primary N) is 1. The van der Waals surface area contributed by atoms with Gasteiger partial charge in [-0.2, -0.15) is 13.2 Å². The maximum Gasteiger partial charge on any atom is 0.414 e. The highest BCUT2D eigenvalue weighted by molar-refractivity contribution is 5.95.